The second-order valence-electron chi connectivity index (χ2n) is 5.49. The number of fused-ring (bicyclic) bond motifs is 1. The van der Waals surface area contributed by atoms with Gasteiger partial charge in [-0.2, -0.15) is 0 Å². The molecule has 1 amide bonds. The van der Waals surface area contributed by atoms with Gasteiger partial charge in [0.1, 0.15) is 0 Å². The highest BCUT2D eigenvalue weighted by atomic mass is 35.5. The maximum Gasteiger partial charge on any atom is 0.251 e. The molecule has 2 aromatic rings. The van der Waals surface area contributed by atoms with Gasteiger partial charge >= 0.3 is 0 Å². The van der Waals surface area contributed by atoms with E-state index in [0.29, 0.717) is 10.6 Å². The molecule has 0 saturated carbocycles. The van der Waals surface area contributed by atoms with E-state index in [1.807, 2.05) is 31.2 Å². The molecule has 0 saturated heterocycles. The van der Waals surface area contributed by atoms with Crippen LogP contribution < -0.4 is 11.1 Å². The molecule has 0 radical (unpaired) electrons. The minimum absolute atomic E-state index is 0.0492. The fourth-order valence-corrected chi connectivity index (χ4v) is 2.94. The fraction of sp³-hybridized carbons (Fsp3) is 0.235. The van der Waals surface area contributed by atoms with E-state index in [2.05, 4.69) is 5.32 Å². The van der Waals surface area contributed by atoms with Gasteiger partial charge in [-0.15, -0.1) is 0 Å². The van der Waals surface area contributed by atoms with Crippen molar-refractivity contribution in [3.63, 3.8) is 0 Å². The maximum absolute atomic E-state index is 12.3. The zero-order chi connectivity index (χ0) is 15.0. The van der Waals surface area contributed by atoms with Crippen LogP contribution >= 0.6 is 11.6 Å². The van der Waals surface area contributed by atoms with Crippen molar-refractivity contribution in [3.8, 4) is 0 Å². The van der Waals surface area contributed by atoms with Gasteiger partial charge in [-0.25, -0.2) is 0 Å². The molecule has 1 aliphatic rings. The van der Waals surface area contributed by atoms with E-state index < -0.39 is 0 Å². The minimum atomic E-state index is -0.0911. The van der Waals surface area contributed by atoms with Crippen LogP contribution in [0.25, 0.3) is 0 Å². The van der Waals surface area contributed by atoms with E-state index in [1.165, 1.54) is 5.56 Å². The van der Waals surface area contributed by atoms with Gasteiger partial charge in [0.25, 0.3) is 5.91 Å². The predicted octanol–water partition coefficient (Wildman–Crippen LogP) is 3.65. The van der Waals surface area contributed by atoms with Crippen LogP contribution in [0.4, 0.5) is 5.69 Å². The van der Waals surface area contributed by atoms with Crippen molar-refractivity contribution in [2.75, 3.05) is 5.73 Å². The molecule has 0 spiro atoms. The Morgan fingerprint density at radius 2 is 2.10 bits per heavy atom. The van der Waals surface area contributed by atoms with Gasteiger partial charge in [0, 0.05) is 16.3 Å². The van der Waals surface area contributed by atoms with Crippen LogP contribution in [0.15, 0.2) is 36.4 Å². The Kier molecular flexibility index (Phi) is 3.60. The lowest BCUT2D eigenvalue weighted by atomic mass is 10.1. The summed E-state index contributed by atoms with van der Waals surface area (Å²) in [5, 5.41) is 3.69. The third kappa shape index (κ3) is 2.74. The monoisotopic (exact) mass is 300 g/mol. The Balaban J connectivity index is 1.79. The molecular formula is C17H17ClN2O. The number of aryl methyl sites for hydroxylation is 2. The first-order chi connectivity index (χ1) is 10.0. The van der Waals surface area contributed by atoms with Crippen molar-refractivity contribution < 1.29 is 4.79 Å². The van der Waals surface area contributed by atoms with Gasteiger partial charge in [-0.3, -0.25) is 4.79 Å². The third-order valence-corrected chi connectivity index (χ3v) is 4.39. The van der Waals surface area contributed by atoms with Gasteiger partial charge in [0.15, 0.2) is 0 Å². The lowest BCUT2D eigenvalue weighted by Gasteiger charge is -2.14. The SMILES string of the molecule is Cc1ccc(C(=O)NC2CCc3cc(N)ccc32)cc1Cl. The van der Waals surface area contributed by atoms with Crippen molar-refractivity contribution in [2.45, 2.75) is 25.8 Å². The number of anilines is 1. The van der Waals surface area contributed by atoms with Gasteiger partial charge < -0.3 is 11.1 Å². The molecule has 0 aromatic heterocycles. The van der Waals surface area contributed by atoms with Crippen molar-refractivity contribution >= 4 is 23.2 Å². The number of halogens is 1. The molecule has 1 atom stereocenters. The standard InChI is InChI=1S/C17H17ClN2O/c1-10-2-3-12(9-15(10)18)17(21)20-16-7-4-11-8-13(19)5-6-14(11)16/h2-3,5-6,8-9,16H,4,7,19H2,1H3,(H,20,21). The number of amides is 1. The average Bonchev–Trinajstić information content (AvgIpc) is 2.84. The maximum atomic E-state index is 12.3. The van der Waals surface area contributed by atoms with Crippen LogP contribution in [0.3, 0.4) is 0 Å². The number of carbonyl (C=O) groups excluding carboxylic acids is 1. The number of nitrogen functional groups attached to an aromatic ring is 1. The molecule has 3 N–H and O–H groups in total. The van der Waals surface area contributed by atoms with E-state index in [-0.39, 0.29) is 11.9 Å². The van der Waals surface area contributed by atoms with Crippen LogP contribution in [-0.2, 0) is 6.42 Å². The van der Waals surface area contributed by atoms with E-state index >= 15 is 0 Å². The van der Waals surface area contributed by atoms with E-state index in [9.17, 15) is 4.79 Å². The van der Waals surface area contributed by atoms with Crippen LogP contribution in [0.1, 0.15) is 39.5 Å². The summed E-state index contributed by atoms with van der Waals surface area (Å²) in [5.41, 5.74) is 10.5. The molecular weight excluding hydrogens is 284 g/mol. The molecule has 0 heterocycles. The number of rotatable bonds is 2. The fourth-order valence-electron chi connectivity index (χ4n) is 2.76. The highest BCUT2D eigenvalue weighted by Crippen LogP contribution is 2.32. The first kappa shape index (κ1) is 14.0. The number of hydrogen-bond acceptors (Lipinski definition) is 2. The summed E-state index contributed by atoms with van der Waals surface area (Å²) in [7, 11) is 0. The van der Waals surface area contributed by atoms with Crippen LogP contribution in [0, 0.1) is 6.92 Å². The predicted molar refractivity (Wildman–Crippen MR) is 85.6 cm³/mol. The highest BCUT2D eigenvalue weighted by molar-refractivity contribution is 6.31. The number of carbonyl (C=O) groups is 1. The number of hydrogen-bond donors (Lipinski definition) is 2. The van der Waals surface area contributed by atoms with Gasteiger partial charge in [0.05, 0.1) is 6.04 Å². The third-order valence-electron chi connectivity index (χ3n) is 3.98. The largest absolute Gasteiger partial charge is 0.399 e. The minimum Gasteiger partial charge on any atom is -0.399 e. The Hall–Kier alpha value is -2.00. The molecule has 108 valence electrons. The topological polar surface area (TPSA) is 55.1 Å². The lowest BCUT2D eigenvalue weighted by Crippen LogP contribution is -2.27. The number of nitrogens with two attached hydrogens (primary N) is 1. The zero-order valence-electron chi connectivity index (χ0n) is 11.8. The van der Waals surface area contributed by atoms with E-state index in [0.717, 1.165) is 29.7 Å². The van der Waals surface area contributed by atoms with Crippen molar-refractivity contribution in [1.29, 1.82) is 0 Å². The summed E-state index contributed by atoms with van der Waals surface area (Å²) >= 11 is 6.08. The molecule has 3 rings (SSSR count). The normalized spacial score (nSPS) is 16.6. The quantitative estimate of drug-likeness (QED) is 0.832. The Labute approximate surface area is 129 Å². The summed E-state index contributed by atoms with van der Waals surface area (Å²) in [5.74, 6) is -0.0911. The molecule has 2 aromatic carbocycles. The smallest absolute Gasteiger partial charge is 0.251 e. The molecule has 1 unspecified atom stereocenters. The first-order valence-electron chi connectivity index (χ1n) is 7.00. The number of nitrogens with one attached hydrogen (secondary N) is 1. The van der Waals surface area contributed by atoms with Crippen LogP contribution in [0.2, 0.25) is 5.02 Å². The first-order valence-corrected chi connectivity index (χ1v) is 7.37. The zero-order valence-corrected chi connectivity index (χ0v) is 12.6. The summed E-state index contributed by atoms with van der Waals surface area (Å²) in [6, 6.07) is 11.3. The summed E-state index contributed by atoms with van der Waals surface area (Å²) in [6.45, 7) is 1.92. The van der Waals surface area contributed by atoms with Gasteiger partial charge in [0.2, 0.25) is 0 Å². The summed E-state index contributed by atoms with van der Waals surface area (Å²) < 4.78 is 0. The van der Waals surface area contributed by atoms with Crippen LogP contribution in [0.5, 0.6) is 0 Å². The second kappa shape index (κ2) is 5.41. The summed E-state index contributed by atoms with van der Waals surface area (Å²) in [4.78, 5) is 12.3. The van der Waals surface area contributed by atoms with Crippen LogP contribution in [-0.4, -0.2) is 5.91 Å². The Morgan fingerprint density at radius 3 is 2.86 bits per heavy atom. The van der Waals surface area contributed by atoms with Crippen molar-refractivity contribution in [2.24, 2.45) is 0 Å². The van der Waals surface area contributed by atoms with E-state index in [4.69, 9.17) is 17.3 Å². The number of benzene rings is 2. The van der Waals surface area contributed by atoms with Gasteiger partial charge in [-0.05, 0) is 60.7 Å². The second-order valence-corrected chi connectivity index (χ2v) is 5.89. The average molecular weight is 301 g/mol. The Bertz CT molecular complexity index is 712. The lowest BCUT2D eigenvalue weighted by molar-refractivity contribution is 0.0936. The van der Waals surface area contributed by atoms with Crippen molar-refractivity contribution in [1.82, 2.24) is 5.32 Å². The Morgan fingerprint density at radius 1 is 1.29 bits per heavy atom. The highest BCUT2D eigenvalue weighted by Gasteiger charge is 2.24. The molecule has 1 aliphatic carbocycles. The van der Waals surface area contributed by atoms with E-state index in [1.54, 1.807) is 12.1 Å². The van der Waals surface area contributed by atoms with Crippen molar-refractivity contribution in [3.05, 3.63) is 63.7 Å². The molecule has 21 heavy (non-hydrogen) atoms. The summed E-state index contributed by atoms with van der Waals surface area (Å²) in [6.07, 6.45) is 1.85. The van der Waals surface area contributed by atoms with Gasteiger partial charge in [-0.1, -0.05) is 23.7 Å². The molecule has 4 heteroatoms. The molecule has 0 aliphatic heterocycles. The molecule has 0 bridgehead atoms. The molecule has 0 fully saturated rings. The molecule has 3 nitrogen and oxygen atoms in total.